The number of nitrogens with zero attached hydrogens (tertiary/aromatic N) is 3. The van der Waals surface area contributed by atoms with Gasteiger partial charge in [-0.25, -0.2) is 0 Å². The Morgan fingerprint density at radius 3 is 2.71 bits per heavy atom. The first kappa shape index (κ1) is 25.2. The van der Waals surface area contributed by atoms with Gasteiger partial charge in [-0.2, -0.15) is 8.78 Å². The third-order valence-electron chi connectivity index (χ3n) is 4.88. The van der Waals surface area contributed by atoms with Crippen LogP contribution in [0.2, 0.25) is 5.02 Å². The van der Waals surface area contributed by atoms with Gasteiger partial charge >= 0.3 is 6.61 Å². The second kappa shape index (κ2) is 12.6. The number of halogens is 4. The molecular formula is C19H30ClF2IN4O. The van der Waals surface area contributed by atoms with E-state index in [0.29, 0.717) is 23.0 Å². The molecule has 28 heavy (non-hydrogen) atoms. The molecule has 9 heteroatoms. The van der Waals surface area contributed by atoms with Crippen LogP contribution < -0.4 is 10.1 Å². The van der Waals surface area contributed by atoms with Gasteiger partial charge in [0.2, 0.25) is 0 Å². The molecule has 0 saturated carbocycles. The highest BCUT2D eigenvalue weighted by Crippen LogP contribution is 2.25. The second-order valence-electron chi connectivity index (χ2n) is 6.62. The summed E-state index contributed by atoms with van der Waals surface area (Å²) in [5.41, 5.74) is 0.572. The standard InChI is InChI=1S/C19H29ClF2N4O.HI/c1-4-25(5-2)12-14-8-9-26(13-14)19(23-3)24-11-15-10-16(20)6-7-17(15)27-18(21)22;/h6-7,10,14,18H,4-5,8-9,11-13H2,1-3H3,(H,23,24);1H. The Labute approximate surface area is 188 Å². The molecular weight excluding hydrogens is 501 g/mol. The lowest BCUT2D eigenvalue weighted by molar-refractivity contribution is -0.0504. The fourth-order valence-corrected chi connectivity index (χ4v) is 3.62. The first-order valence-electron chi connectivity index (χ1n) is 9.37. The van der Waals surface area contributed by atoms with Crippen molar-refractivity contribution in [1.29, 1.82) is 0 Å². The third-order valence-corrected chi connectivity index (χ3v) is 5.12. The lowest BCUT2D eigenvalue weighted by atomic mass is 10.1. The molecule has 1 aliphatic rings. The number of aliphatic imine (C=N–C) groups is 1. The molecule has 1 saturated heterocycles. The molecule has 2 rings (SSSR count). The maximum atomic E-state index is 12.6. The van der Waals surface area contributed by atoms with Gasteiger partial charge in [0.1, 0.15) is 5.75 Å². The van der Waals surface area contributed by atoms with E-state index >= 15 is 0 Å². The molecule has 1 heterocycles. The maximum Gasteiger partial charge on any atom is 0.387 e. The van der Waals surface area contributed by atoms with Crippen LogP contribution in [0.5, 0.6) is 5.75 Å². The van der Waals surface area contributed by atoms with E-state index in [-0.39, 0.29) is 29.7 Å². The number of ether oxygens (including phenoxy) is 1. The largest absolute Gasteiger partial charge is 0.434 e. The number of nitrogens with one attached hydrogen (secondary N) is 1. The molecule has 1 aliphatic heterocycles. The molecule has 1 fully saturated rings. The molecule has 0 bridgehead atoms. The number of benzene rings is 1. The van der Waals surface area contributed by atoms with Crippen LogP contribution in [-0.2, 0) is 6.54 Å². The van der Waals surface area contributed by atoms with Gasteiger partial charge in [0.15, 0.2) is 5.96 Å². The smallest absolute Gasteiger partial charge is 0.387 e. The van der Waals surface area contributed by atoms with Crippen molar-refractivity contribution in [2.24, 2.45) is 10.9 Å². The highest BCUT2D eigenvalue weighted by Gasteiger charge is 2.26. The average Bonchev–Trinajstić information content (AvgIpc) is 3.10. The van der Waals surface area contributed by atoms with Gasteiger partial charge in [-0.3, -0.25) is 4.99 Å². The Morgan fingerprint density at radius 1 is 1.39 bits per heavy atom. The summed E-state index contributed by atoms with van der Waals surface area (Å²) in [5, 5.41) is 3.72. The Hall–Kier alpha value is -0.870. The van der Waals surface area contributed by atoms with Crippen molar-refractivity contribution in [3.05, 3.63) is 28.8 Å². The number of hydrogen-bond donors (Lipinski definition) is 1. The molecule has 160 valence electrons. The van der Waals surface area contributed by atoms with Crippen molar-refractivity contribution in [3.8, 4) is 5.75 Å². The first-order chi connectivity index (χ1) is 13.0. The van der Waals surface area contributed by atoms with Crippen molar-refractivity contribution in [2.45, 2.75) is 33.4 Å². The molecule has 1 N–H and O–H groups in total. The van der Waals surface area contributed by atoms with Crippen molar-refractivity contribution in [1.82, 2.24) is 15.1 Å². The Bertz CT molecular complexity index is 632. The van der Waals surface area contributed by atoms with Crippen LogP contribution in [0, 0.1) is 5.92 Å². The van der Waals surface area contributed by atoms with E-state index in [1.54, 1.807) is 13.1 Å². The van der Waals surface area contributed by atoms with E-state index in [9.17, 15) is 8.78 Å². The molecule has 0 radical (unpaired) electrons. The minimum Gasteiger partial charge on any atom is -0.434 e. The van der Waals surface area contributed by atoms with E-state index < -0.39 is 6.61 Å². The van der Waals surface area contributed by atoms with Crippen LogP contribution in [-0.4, -0.2) is 62.1 Å². The number of likely N-dealkylation sites (tertiary alicyclic amines) is 1. The normalized spacial score (nSPS) is 17.2. The topological polar surface area (TPSA) is 40.1 Å². The molecule has 1 atom stereocenters. The molecule has 0 amide bonds. The van der Waals surface area contributed by atoms with Crippen LogP contribution >= 0.6 is 35.6 Å². The number of rotatable bonds is 8. The van der Waals surface area contributed by atoms with Crippen molar-refractivity contribution in [2.75, 3.05) is 39.8 Å². The minimum atomic E-state index is -2.87. The highest BCUT2D eigenvalue weighted by atomic mass is 127. The molecule has 1 aromatic carbocycles. The summed E-state index contributed by atoms with van der Waals surface area (Å²) in [6.07, 6.45) is 1.12. The SMILES string of the molecule is CCN(CC)CC1CCN(C(=NC)NCc2cc(Cl)ccc2OC(F)F)C1.I. The van der Waals surface area contributed by atoms with Gasteiger partial charge in [-0.05, 0) is 43.6 Å². The summed E-state index contributed by atoms with van der Waals surface area (Å²) in [5.74, 6) is 1.49. The first-order valence-corrected chi connectivity index (χ1v) is 9.75. The van der Waals surface area contributed by atoms with E-state index in [0.717, 1.165) is 45.1 Å². The van der Waals surface area contributed by atoms with Crippen LogP contribution in [0.15, 0.2) is 23.2 Å². The summed E-state index contributed by atoms with van der Waals surface area (Å²) in [6, 6.07) is 4.63. The minimum absolute atomic E-state index is 0. The number of guanidine groups is 1. The van der Waals surface area contributed by atoms with Crippen LogP contribution in [0.1, 0.15) is 25.8 Å². The zero-order valence-corrected chi connectivity index (χ0v) is 19.7. The quantitative estimate of drug-likeness (QED) is 0.309. The molecule has 0 aliphatic carbocycles. The third kappa shape index (κ3) is 7.51. The zero-order chi connectivity index (χ0) is 19.8. The van der Waals surface area contributed by atoms with Gasteiger partial charge in [0, 0.05) is 43.8 Å². The van der Waals surface area contributed by atoms with Gasteiger partial charge in [0.25, 0.3) is 0 Å². The summed E-state index contributed by atoms with van der Waals surface area (Å²) in [7, 11) is 1.73. The predicted molar refractivity (Wildman–Crippen MR) is 121 cm³/mol. The van der Waals surface area contributed by atoms with Gasteiger partial charge < -0.3 is 19.9 Å². The second-order valence-corrected chi connectivity index (χ2v) is 7.05. The highest BCUT2D eigenvalue weighted by molar-refractivity contribution is 14.0. The number of alkyl halides is 2. The van der Waals surface area contributed by atoms with Gasteiger partial charge in [-0.15, -0.1) is 24.0 Å². The maximum absolute atomic E-state index is 12.6. The van der Waals surface area contributed by atoms with Crippen molar-refractivity contribution in [3.63, 3.8) is 0 Å². The molecule has 0 spiro atoms. The number of hydrogen-bond acceptors (Lipinski definition) is 3. The van der Waals surface area contributed by atoms with E-state index in [2.05, 4.69) is 38.7 Å². The zero-order valence-electron chi connectivity index (χ0n) is 16.6. The summed E-state index contributed by atoms with van der Waals surface area (Å²) in [6.45, 7) is 6.87. The fourth-order valence-electron chi connectivity index (χ4n) is 3.42. The van der Waals surface area contributed by atoms with Crippen LogP contribution in [0.3, 0.4) is 0 Å². The Kier molecular flexibility index (Phi) is 11.4. The molecule has 0 aromatic heterocycles. The van der Waals surface area contributed by atoms with E-state index in [1.807, 2.05) is 0 Å². The van der Waals surface area contributed by atoms with Crippen molar-refractivity contribution < 1.29 is 13.5 Å². The van der Waals surface area contributed by atoms with Crippen LogP contribution in [0.4, 0.5) is 8.78 Å². The fraction of sp³-hybridized carbons (Fsp3) is 0.632. The van der Waals surface area contributed by atoms with Gasteiger partial charge in [0.05, 0.1) is 0 Å². The Balaban J connectivity index is 0.00000392. The van der Waals surface area contributed by atoms with Crippen LogP contribution in [0.25, 0.3) is 0 Å². The van der Waals surface area contributed by atoms with E-state index in [4.69, 9.17) is 11.6 Å². The summed E-state index contributed by atoms with van der Waals surface area (Å²) < 4.78 is 29.8. The summed E-state index contributed by atoms with van der Waals surface area (Å²) in [4.78, 5) is 9.00. The average molecular weight is 531 g/mol. The monoisotopic (exact) mass is 530 g/mol. The van der Waals surface area contributed by atoms with E-state index in [1.165, 1.54) is 12.1 Å². The predicted octanol–water partition coefficient (Wildman–Crippen LogP) is 4.30. The Morgan fingerprint density at radius 2 is 2.11 bits per heavy atom. The summed E-state index contributed by atoms with van der Waals surface area (Å²) >= 11 is 6.01. The lowest BCUT2D eigenvalue weighted by Gasteiger charge is -2.24. The molecule has 1 unspecified atom stereocenters. The van der Waals surface area contributed by atoms with Crippen molar-refractivity contribution >= 4 is 41.5 Å². The molecule has 5 nitrogen and oxygen atoms in total. The van der Waals surface area contributed by atoms with Gasteiger partial charge in [-0.1, -0.05) is 25.4 Å². The molecule has 1 aromatic rings. The lowest BCUT2D eigenvalue weighted by Crippen LogP contribution is -2.40.